The van der Waals surface area contributed by atoms with Crippen molar-refractivity contribution in [3.05, 3.63) is 78.0 Å². The van der Waals surface area contributed by atoms with Gasteiger partial charge in [-0.15, -0.1) is 0 Å². The van der Waals surface area contributed by atoms with E-state index in [4.69, 9.17) is 0 Å². The van der Waals surface area contributed by atoms with Crippen molar-refractivity contribution in [1.29, 1.82) is 0 Å². The number of nitrogens with zero attached hydrogens (tertiary/aromatic N) is 2. The van der Waals surface area contributed by atoms with Crippen LogP contribution in [0.4, 0.5) is 0 Å². The van der Waals surface area contributed by atoms with Crippen LogP contribution >= 0.6 is 0 Å². The second kappa shape index (κ2) is 7.95. The van der Waals surface area contributed by atoms with Crippen LogP contribution in [-0.4, -0.2) is 36.4 Å². The molecule has 0 radical (unpaired) electrons. The van der Waals surface area contributed by atoms with Crippen LogP contribution in [0, 0.1) is 18.8 Å². The quantitative estimate of drug-likeness (QED) is 0.512. The van der Waals surface area contributed by atoms with Gasteiger partial charge in [0.2, 0.25) is 0 Å². The second-order valence-electron chi connectivity index (χ2n) is 9.07. The van der Waals surface area contributed by atoms with Gasteiger partial charge in [0.15, 0.2) is 0 Å². The Morgan fingerprint density at radius 3 is 2.55 bits per heavy atom. The summed E-state index contributed by atoms with van der Waals surface area (Å²) in [6.45, 7) is 6.34. The third-order valence-electron chi connectivity index (χ3n) is 7.09. The molecule has 162 valence electrons. The monoisotopic (exact) mass is 434 g/mol. The Kier molecular flexibility index (Phi) is 5.27. The fourth-order valence-electron chi connectivity index (χ4n) is 5.37. The Bertz CT molecular complexity index is 1220. The summed E-state index contributed by atoms with van der Waals surface area (Å²) in [5.41, 5.74) is 2.90. The number of benzene rings is 2. The third kappa shape index (κ3) is 3.64. The van der Waals surface area contributed by atoms with Gasteiger partial charge >= 0.3 is 0 Å². The van der Waals surface area contributed by atoms with Crippen LogP contribution in [-0.2, 0) is 16.4 Å². The summed E-state index contributed by atoms with van der Waals surface area (Å²) >= 11 is 0. The van der Waals surface area contributed by atoms with E-state index >= 15 is 0 Å². The topological polar surface area (TPSA) is 42.3 Å². The first-order valence-corrected chi connectivity index (χ1v) is 12.7. The predicted octanol–water partition coefficient (Wildman–Crippen LogP) is 5.02. The molecular formula is C26H30N2O2S. The lowest BCUT2D eigenvalue weighted by atomic mass is 9.76. The van der Waals surface area contributed by atoms with Gasteiger partial charge in [-0.2, -0.15) is 0 Å². The maximum Gasteiger partial charge on any atom is 0.268 e. The van der Waals surface area contributed by atoms with Crippen LogP contribution in [0.5, 0.6) is 0 Å². The largest absolute Gasteiger partial charge is 0.296 e. The molecule has 2 aliphatic heterocycles. The van der Waals surface area contributed by atoms with Crippen LogP contribution in [0.1, 0.15) is 30.9 Å². The predicted molar refractivity (Wildman–Crippen MR) is 126 cm³/mol. The molecule has 3 aliphatic rings. The Hall–Kier alpha value is -2.37. The first-order chi connectivity index (χ1) is 15.0. The summed E-state index contributed by atoms with van der Waals surface area (Å²) in [5, 5.41) is 1.03. The molecule has 0 N–H and O–H groups in total. The van der Waals surface area contributed by atoms with E-state index in [1.54, 1.807) is 12.1 Å². The van der Waals surface area contributed by atoms with Gasteiger partial charge in [-0.25, -0.2) is 12.4 Å². The number of rotatable bonds is 6. The molecule has 1 aromatic heterocycles. The summed E-state index contributed by atoms with van der Waals surface area (Å²) in [6.07, 6.45) is 10.0. The van der Waals surface area contributed by atoms with E-state index in [2.05, 4.69) is 24.0 Å². The molecule has 1 saturated heterocycles. The fourth-order valence-corrected chi connectivity index (χ4v) is 6.76. The average molecular weight is 435 g/mol. The van der Waals surface area contributed by atoms with Crippen molar-refractivity contribution in [2.24, 2.45) is 11.8 Å². The molecule has 2 bridgehead atoms. The summed E-state index contributed by atoms with van der Waals surface area (Å²) in [7, 11) is -3.63. The van der Waals surface area contributed by atoms with E-state index in [1.165, 1.54) is 16.8 Å². The van der Waals surface area contributed by atoms with Crippen molar-refractivity contribution in [1.82, 2.24) is 8.87 Å². The van der Waals surface area contributed by atoms with E-state index in [-0.39, 0.29) is 0 Å². The maximum absolute atomic E-state index is 13.4. The zero-order valence-electron chi connectivity index (χ0n) is 18.2. The third-order valence-corrected chi connectivity index (χ3v) is 8.78. The van der Waals surface area contributed by atoms with Gasteiger partial charge in [0.05, 0.1) is 10.4 Å². The van der Waals surface area contributed by atoms with Gasteiger partial charge in [0.25, 0.3) is 10.0 Å². The van der Waals surface area contributed by atoms with Crippen molar-refractivity contribution in [3.63, 3.8) is 0 Å². The van der Waals surface area contributed by atoms with E-state index < -0.39 is 10.0 Å². The molecule has 3 atom stereocenters. The van der Waals surface area contributed by atoms with E-state index in [0.29, 0.717) is 16.9 Å². The highest BCUT2D eigenvalue weighted by molar-refractivity contribution is 7.90. The first-order valence-electron chi connectivity index (χ1n) is 11.3. The molecule has 0 spiro atoms. The van der Waals surface area contributed by atoms with Crippen molar-refractivity contribution >= 4 is 20.9 Å². The Balaban J connectivity index is 1.46. The molecule has 6 rings (SSSR count). The van der Waals surface area contributed by atoms with Crippen molar-refractivity contribution in [3.8, 4) is 0 Å². The molecule has 3 unspecified atom stereocenters. The highest BCUT2D eigenvalue weighted by Crippen LogP contribution is 2.36. The molecule has 0 amide bonds. The lowest BCUT2D eigenvalue weighted by Crippen LogP contribution is -2.50. The summed E-state index contributed by atoms with van der Waals surface area (Å²) in [6, 6.07) is 15.5. The van der Waals surface area contributed by atoms with Crippen LogP contribution in [0.2, 0.25) is 0 Å². The Morgan fingerprint density at radius 1 is 1.03 bits per heavy atom. The molecule has 5 heteroatoms. The van der Waals surface area contributed by atoms with Crippen LogP contribution in [0.15, 0.2) is 71.8 Å². The lowest BCUT2D eigenvalue weighted by Gasteiger charge is -2.46. The van der Waals surface area contributed by atoms with Crippen LogP contribution in [0.25, 0.3) is 10.9 Å². The second-order valence-corrected chi connectivity index (χ2v) is 10.9. The molecule has 3 aromatic rings. The standard InChI is InChI=1S/C26H30N2O2S/c1-3-21-16-20-10-13-25(21)27(17-20)15-14-22-18-28(26-7-5-4-6-24(22)26)31(29,30)23-11-8-19(2)9-12-23/h4-13,18,20-21,25H,3,14-17H2,1-2H3. The number of aromatic nitrogens is 1. The van der Waals surface area contributed by atoms with Crippen LogP contribution in [0.3, 0.4) is 0 Å². The normalized spacial score (nSPS) is 23.6. The molecular weight excluding hydrogens is 404 g/mol. The number of para-hydroxylation sites is 1. The number of aryl methyl sites for hydroxylation is 1. The van der Waals surface area contributed by atoms with Gasteiger partial charge in [0.1, 0.15) is 0 Å². The fraction of sp³-hybridized carbons (Fsp3) is 0.385. The van der Waals surface area contributed by atoms with Gasteiger partial charge in [-0.05, 0) is 55.4 Å². The molecule has 1 fully saturated rings. The van der Waals surface area contributed by atoms with Gasteiger partial charge in [0, 0.05) is 30.7 Å². The first kappa shape index (κ1) is 20.5. The molecule has 3 heterocycles. The Morgan fingerprint density at radius 2 is 1.81 bits per heavy atom. The molecule has 4 nitrogen and oxygen atoms in total. The summed E-state index contributed by atoms with van der Waals surface area (Å²) in [4.78, 5) is 2.93. The molecule has 31 heavy (non-hydrogen) atoms. The summed E-state index contributed by atoms with van der Waals surface area (Å²) < 4.78 is 28.3. The molecule has 2 aromatic carbocycles. The van der Waals surface area contributed by atoms with Crippen LogP contribution < -0.4 is 0 Å². The number of fused-ring (bicyclic) bond motifs is 3. The van der Waals surface area contributed by atoms with Gasteiger partial charge < -0.3 is 0 Å². The average Bonchev–Trinajstić information content (AvgIpc) is 3.18. The maximum atomic E-state index is 13.4. The zero-order chi connectivity index (χ0) is 21.6. The van der Waals surface area contributed by atoms with E-state index in [9.17, 15) is 8.42 Å². The summed E-state index contributed by atoms with van der Waals surface area (Å²) in [5.74, 6) is 1.41. The van der Waals surface area contributed by atoms with Gasteiger partial charge in [-0.1, -0.05) is 61.4 Å². The number of hydrogen-bond acceptors (Lipinski definition) is 3. The SMILES string of the molecule is CCC1CC2C=CC1N(CCc1cn(S(=O)(=O)c3ccc(C)cc3)c3ccccc13)C2. The van der Waals surface area contributed by atoms with Gasteiger partial charge in [-0.3, -0.25) is 4.90 Å². The highest BCUT2D eigenvalue weighted by Gasteiger charge is 2.36. The minimum atomic E-state index is -3.63. The molecule has 0 saturated carbocycles. The minimum absolute atomic E-state index is 0.328. The number of hydrogen-bond donors (Lipinski definition) is 0. The highest BCUT2D eigenvalue weighted by atomic mass is 32.2. The number of piperidine rings is 1. The zero-order valence-corrected chi connectivity index (χ0v) is 19.1. The van der Waals surface area contributed by atoms with E-state index in [1.807, 2.05) is 49.5 Å². The van der Waals surface area contributed by atoms with Crippen molar-refractivity contribution in [2.45, 2.75) is 44.0 Å². The Labute approximate surface area is 185 Å². The van der Waals surface area contributed by atoms with Crippen molar-refractivity contribution < 1.29 is 8.42 Å². The lowest BCUT2D eigenvalue weighted by molar-refractivity contribution is 0.0826. The minimum Gasteiger partial charge on any atom is -0.296 e. The van der Waals surface area contributed by atoms with E-state index in [0.717, 1.165) is 47.5 Å². The smallest absolute Gasteiger partial charge is 0.268 e. The van der Waals surface area contributed by atoms with Crippen molar-refractivity contribution in [2.75, 3.05) is 13.1 Å². The molecule has 1 aliphatic carbocycles.